The fourth-order valence-corrected chi connectivity index (χ4v) is 3.67. The van der Waals surface area contributed by atoms with E-state index in [1.54, 1.807) is 0 Å². The first kappa shape index (κ1) is 16.9. The number of aromatic nitrogens is 1. The van der Waals surface area contributed by atoms with Crippen LogP contribution in [0.15, 0.2) is 35.7 Å². The van der Waals surface area contributed by atoms with Gasteiger partial charge in [-0.1, -0.05) is 30.3 Å². The third kappa shape index (κ3) is 3.16. The van der Waals surface area contributed by atoms with E-state index < -0.39 is 0 Å². The van der Waals surface area contributed by atoms with Gasteiger partial charge in [0.15, 0.2) is 0 Å². The van der Waals surface area contributed by atoms with Gasteiger partial charge in [0.05, 0.1) is 0 Å². The Kier molecular flexibility index (Phi) is 5.56. The third-order valence-corrected chi connectivity index (χ3v) is 5.06. The van der Waals surface area contributed by atoms with Crippen molar-refractivity contribution in [1.29, 1.82) is 0 Å². The highest BCUT2D eigenvalue weighted by Crippen LogP contribution is 2.34. The van der Waals surface area contributed by atoms with Crippen molar-refractivity contribution in [2.75, 3.05) is 6.54 Å². The molecule has 1 aromatic carbocycles. The van der Waals surface area contributed by atoms with Crippen molar-refractivity contribution >= 4 is 29.7 Å². The summed E-state index contributed by atoms with van der Waals surface area (Å²) in [5.41, 5.74) is 7.40. The molecule has 1 saturated heterocycles. The molecule has 3 rings (SSSR count). The smallest absolute Gasteiger partial charge is 0.273 e. The first-order chi connectivity index (χ1) is 10.2. The van der Waals surface area contributed by atoms with Crippen molar-refractivity contribution in [3.63, 3.8) is 0 Å². The highest BCUT2D eigenvalue weighted by atomic mass is 35.5. The van der Waals surface area contributed by atoms with Gasteiger partial charge < -0.3 is 10.6 Å². The summed E-state index contributed by atoms with van der Waals surface area (Å²) in [5.74, 6) is 0.430. The number of amides is 1. The number of thiazole rings is 1. The lowest BCUT2D eigenvalue weighted by Crippen LogP contribution is -2.35. The van der Waals surface area contributed by atoms with Crippen molar-refractivity contribution in [3.05, 3.63) is 52.0 Å². The van der Waals surface area contributed by atoms with Crippen molar-refractivity contribution in [3.8, 4) is 0 Å². The lowest BCUT2D eigenvalue weighted by atomic mass is 9.93. The number of hydrogen-bond acceptors (Lipinski definition) is 4. The molecular weight excluding hydrogens is 318 g/mol. The Labute approximate surface area is 140 Å². The number of halogens is 1. The number of likely N-dealkylation sites (tertiary alicyclic amines) is 1. The molecule has 0 radical (unpaired) electrons. The standard InChI is InChI=1S/C16H19N3OS.ClH/c1-11-13(12-5-3-2-4-6-12)7-8-19(11)16(20)14-10-21-15(9-17)18-14;/h2-6,10-11,13H,7-9,17H2,1H3;1H. The van der Waals surface area contributed by atoms with Crippen LogP contribution in [0.5, 0.6) is 0 Å². The van der Waals surface area contributed by atoms with E-state index in [9.17, 15) is 4.79 Å². The topological polar surface area (TPSA) is 59.2 Å². The zero-order chi connectivity index (χ0) is 14.8. The molecule has 2 aromatic rings. The predicted octanol–water partition coefficient (Wildman–Crippen LogP) is 3.04. The molecule has 1 aliphatic rings. The maximum atomic E-state index is 12.6. The monoisotopic (exact) mass is 337 g/mol. The summed E-state index contributed by atoms with van der Waals surface area (Å²) in [4.78, 5) is 18.8. The Bertz CT molecular complexity index is 631. The Balaban J connectivity index is 0.00000176. The number of nitrogens with zero attached hydrogens (tertiary/aromatic N) is 2. The summed E-state index contributed by atoms with van der Waals surface area (Å²) in [7, 11) is 0. The molecule has 118 valence electrons. The fraction of sp³-hybridized carbons (Fsp3) is 0.375. The van der Waals surface area contributed by atoms with Gasteiger partial charge in [0.1, 0.15) is 10.7 Å². The van der Waals surface area contributed by atoms with Crippen LogP contribution >= 0.6 is 23.7 Å². The van der Waals surface area contributed by atoms with Crippen LogP contribution in [0.4, 0.5) is 0 Å². The van der Waals surface area contributed by atoms with Gasteiger partial charge in [-0.15, -0.1) is 23.7 Å². The van der Waals surface area contributed by atoms with Crippen LogP contribution in [0.3, 0.4) is 0 Å². The SMILES string of the molecule is CC1C(c2ccccc2)CCN1C(=O)c1csc(CN)n1.Cl. The molecule has 0 aliphatic carbocycles. The Morgan fingerprint density at radius 2 is 2.14 bits per heavy atom. The van der Waals surface area contributed by atoms with E-state index in [-0.39, 0.29) is 24.4 Å². The van der Waals surface area contributed by atoms with Gasteiger partial charge in [-0.05, 0) is 18.9 Å². The lowest BCUT2D eigenvalue weighted by Gasteiger charge is -2.24. The van der Waals surface area contributed by atoms with E-state index in [4.69, 9.17) is 5.73 Å². The van der Waals surface area contributed by atoms with Crippen LogP contribution in [0.25, 0.3) is 0 Å². The fourth-order valence-electron chi connectivity index (χ4n) is 3.02. The van der Waals surface area contributed by atoms with E-state index >= 15 is 0 Å². The number of carbonyl (C=O) groups excluding carboxylic acids is 1. The molecule has 2 heterocycles. The second-order valence-electron chi connectivity index (χ2n) is 5.38. The lowest BCUT2D eigenvalue weighted by molar-refractivity contribution is 0.0737. The van der Waals surface area contributed by atoms with Gasteiger partial charge >= 0.3 is 0 Å². The molecule has 6 heteroatoms. The maximum absolute atomic E-state index is 12.6. The summed E-state index contributed by atoms with van der Waals surface area (Å²) < 4.78 is 0. The van der Waals surface area contributed by atoms with Crippen molar-refractivity contribution < 1.29 is 4.79 Å². The molecule has 1 amide bonds. The van der Waals surface area contributed by atoms with Crippen LogP contribution in [-0.4, -0.2) is 28.4 Å². The first-order valence-electron chi connectivity index (χ1n) is 7.21. The molecule has 22 heavy (non-hydrogen) atoms. The first-order valence-corrected chi connectivity index (χ1v) is 8.09. The predicted molar refractivity (Wildman–Crippen MR) is 91.6 cm³/mol. The number of carbonyl (C=O) groups is 1. The summed E-state index contributed by atoms with van der Waals surface area (Å²) in [6.45, 7) is 3.30. The molecule has 1 aliphatic heterocycles. The Morgan fingerprint density at radius 3 is 2.77 bits per heavy atom. The molecule has 2 atom stereocenters. The van der Waals surface area contributed by atoms with Crippen LogP contribution in [0, 0.1) is 0 Å². The van der Waals surface area contributed by atoms with Gasteiger partial charge in [0.25, 0.3) is 5.91 Å². The van der Waals surface area contributed by atoms with Crippen LogP contribution in [-0.2, 0) is 6.54 Å². The van der Waals surface area contributed by atoms with E-state index in [2.05, 4.69) is 36.2 Å². The Morgan fingerprint density at radius 1 is 1.41 bits per heavy atom. The van der Waals surface area contributed by atoms with Crippen molar-refractivity contribution in [2.45, 2.75) is 31.8 Å². The average Bonchev–Trinajstić information content (AvgIpc) is 3.14. The zero-order valence-corrected chi connectivity index (χ0v) is 14.1. The normalized spacial score (nSPS) is 20.7. The van der Waals surface area contributed by atoms with Crippen LogP contribution in [0.2, 0.25) is 0 Å². The second kappa shape index (κ2) is 7.22. The van der Waals surface area contributed by atoms with E-state index in [1.165, 1.54) is 16.9 Å². The molecule has 0 spiro atoms. The highest BCUT2D eigenvalue weighted by Gasteiger charge is 2.35. The molecule has 1 fully saturated rings. The number of nitrogens with two attached hydrogens (primary N) is 1. The highest BCUT2D eigenvalue weighted by molar-refractivity contribution is 7.09. The maximum Gasteiger partial charge on any atom is 0.273 e. The molecule has 2 N–H and O–H groups in total. The summed E-state index contributed by atoms with van der Waals surface area (Å²) in [6, 6.07) is 10.6. The minimum Gasteiger partial charge on any atom is -0.334 e. The quantitative estimate of drug-likeness (QED) is 0.936. The second-order valence-corrected chi connectivity index (χ2v) is 6.32. The van der Waals surface area contributed by atoms with E-state index in [0.717, 1.165) is 18.0 Å². The average molecular weight is 338 g/mol. The molecule has 0 saturated carbocycles. The van der Waals surface area contributed by atoms with Gasteiger partial charge in [-0.2, -0.15) is 0 Å². The van der Waals surface area contributed by atoms with E-state index in [1.807, 2.05) is 16.3 Å². The van der Waals surface area contributed by atoms with Crippen LogP contribution in [0.1, 0.15) is 40.3 Å². The van der Waals surface area contributed by atoms with Crippen LogP contribution < -0.4 is 5.73 Å². The number of rotatable bonds is 3. The third-order valence-electron chi connectivity index (χ3n) is 4.19. The van der Waals surface area contributed by atoms with E-state index in [0.29, 0.717) is 18.2 Å². The minimum atomic E-state index is 0. The summed E-state index contributed by atoms with van der Waals surface area (Å²) in [5, 5.41) is 2.62. The van der Waals surface area contributed by atoms with Gasteiger partial charge in [-0.25, -0.2) is 4.98 Å². The Hall–Kier alpha value is -1.43. The molecule has 1 aromatic heterocycles. The summed E-state index contributed by atoms with van der Waals surface area (Å²) >= 11 is 1.45. The van der Waals surface area contributed by atoms with Gasteiger partial charge in [0.2, 0.25) is 0 Å². The largest absolute Gasteiger partial charge is 0.334 e. The molecule has 2 unspecified atom stereocenters. The van der Waals surface area contributed by atoms with Gasteiger partial charge in [-0.3, -0.25) is 4.79 Å². The number of benzene rings is 1. The molecular formula is C16H20ClN3OS. The zero-order valence-electron chi connectivity index (χ0n) is 12.4. The minimum absolute atomic E-state index is 0. The molecule has 0 bridgehead atoms. The van der Waals surface area contributed by atoms with Crippen molar-refractivity contribution in [1.82, 2.24) is 9.88 Å². The van der Waals surface area contributed by atoms with Crippen molar-refractivity contribution in [2.24, 2.45) is 5.73 Å². The molecule has 4 nitrogen and oxygen atoms in total. The summed E-state index contributed by atoms with van der Waals surface area (Å²) in [6.07, 6.45) is 1.00. The number of hydrogen-bond donors (Lipinski definition) is 1. The van der Waals surface area contributed by atoms with Gasteiger partial charge in [0, 0.05) is 30.4 Å².